The van der Waals surface area contributed by atoms with Crippen LogP contribution in [0.4, 0.5) is 0 Å². The minimum atomic E-state index is -1.14. The third-order valence-electron chi connectivity index (χ3n) is 4.31. The highest BCUT2D eigenvalue weighted by atomic mass is 16.5. The highest BCUT2D eigenvalue weighted by Crippen LogP contribution is 2.48. The van der Waals surface area contributed by atoms with Crippen LogP contribution in [0.1, 0.15) is 48.9 Å². The molecule has 0 saturated heterocycles. The number of phenolic OH excluding ortho intramolecular Hbond substituents is 1. The molecule has 6 heteroatoms. The van der Waals surface area contributed by atoms with Crippen LogP contribution in [0.5, 0.6) is 17.2 Å². The highest BCUT2D eigenvalue weighted by molar-refractivity contribution is 6.01. The fourth-order valence-electron chi connectivity index (χ4n) is 3.25. The van der Waals surface area contributed by atoms with E-state index in [1.165, 1.54) is 12.1 Å². The van der Waals surface area contributed by atoms with Gasteiger partial charge in [-0.05, 0) is 37.8 Å². The summed E-state index contributed by atoms with van der Waals surface area (Å²) in [7, 11) is 0. The van der Waals surface area contributed by atoms with Gasteiger partial charge in [-0.1, -0.05) is 6.42 Å². The van der Waals surface area contributed by atoms with E-state index in [-0.39, 0.29) is 23.0 Å². The number of benzene rings is 1. The summed E-state index contributed by atoms with van der Waals surface area (Å²) in [5, 5.41) is 18.9. The lowest BCUT2D eigenvalue weighted by Gasteiger charge is -2.40. The molecule has 1 aliphatic heterocycles. The van der Waals surface area contributed by atoms with Gasteiger partial charge in [-0.15, -0.1) is 0 Å². The number of aromatic hydroxyl groups is 1. The number of ether oxygens (including phenoxy) is 2. The molecule has 1 heterocycles. The van der Waals surface area contributed by atoms with Crippen LogP contribution in [-0.4, -0.2) is 34.2 Å². The molecule has 2 aliphatic rings. The molecule has 1 aromatic rings. The van der Waals surface area contributed by atoms with Gasteiger partial charge in [0.05, 0.1) is 12.0 Å². The van der Waals surface area contributed by atoms with Gasteiger partial charge in [-0.2, -0.15) is 0 Å². The lowest BCUT2D eigenvalue weighted by molar-refractivity contribution is -0.139. The first-order chi connectivity index (χ1) is 10.5. The summed E-state index contributed by atoms with van der Waals surface area (Å²) in [5.74, 6) is -1.35. The van der Waals surface area contributed by atoms with Crippen LogP contribution in [0.25, 0.3) is 0 Å². The maximum atomic E-state index is 12.4. The molecule has 3 rings (SSSR count). The van der Waals surface area contributed by atoms with Crippen LogP contribution in [0.3, 0.4) is 0 Å². The maximum Gasteiger partial charge on any atom is 0.341 e. The van der Waals surface area contributed by atoms with Crippen molar-refractivity contribution >= 4 is 11.8 Å². The second-order valence-electron chi connectivity index (χ2n) is 5.92. The van der Waals surface area contributed by atoms with Gasteiger partial charge in [0.15, 0.2) is 23.9 Å². The van der Waals surface area contributed by atoms with E-state index >= 15 is 0 Å². The minimum Gasteiger partial charge on any atom is -0.502 e. The number of Topliss-reactive ketones (excluding diaryl/α,β-unsaturated/α-hetero) is 1. The van der Waals surface area contributed by atoms with Gasteiger partial charge < -0.3 is 19.7 Å². The Balaban J connectivity index is 1.93. The molecule has 0 radical (unpaired) electrons. The van der Waals surface area contributed by atoms with Crippen molar-refractivity contribution in [3.05, 3.63) is 17.7 Å². The van der Waals surface area contributed by atoms with Crippen molar-refractivity contribution in [2.24, 2.45) is 0 Å². The summed E-state index contributed by atoms with van der Waals surface area (Å²) in [6, 6.07) is 2.92. The molecule has 6 nitrogen and oxygen atoms in total. The van der Waals surface area contributed by atoms with Crippen molar-refractivity contribution in [3.63, 3.8) is 0 Å². The van der Waals surface area contributed by atoms with Crippen LogP contribution in [0, 0.1) is 0 Å². The first kappa shape index (κ1) is 14.7. The minimum absolute atomic E-state index is 0.0156. The Bertz CT molecular complexity index is 615. The van der Waals surface area contributed by atoms with Crippen LogP contribution >= 0.6 is 0 Å². The average Bonchev–Trinajstić information content (AvgIpc) is 2.48. The van der Waals surface area contributed by atoms with Gasteiger partial charge in [-0.3, -0.25) is 4.79 Å². The van der Waals surface area contributed by atoms with Crippen LogP contribution in [0.2, 0.25) is 0 Å². The third-order valence-corrected chi connectivity index (χ3v) is 4.31. The van der Waals surface area contributed by atoms with E-state index in [9.17, 15) is 14.7 Å². The molecule has 1 spiro atoms. The Kier molecular flexibility index (Phi) is 3.68. The zero-order chi connectivity index (χ0) is 15.7. The van der Waals surface area contributed by atoms with Crippen molar-refractivity contribution in [1.82, 2.24) is 0 Å². The first-order valence-electron chi connectivity index (χ1n) is 7.43. The van der Waals surface area contributed by atoms with Gasteiger partial charge in [0.2, 0.25) is 5.75 Å². The number of hydrogen-bond donors (Lipinski definition) is 2. The fourth-order valence-corrected chi connectivity index (χ4v) is 3.25. The maximum absolute atomic E-state index is 12.4. The summed E-state index contributed by atoms with van der Waals surface area (Å²) in [4.78, 5) is 22.9. The van der Waals surface area contributed by atoms with Crippen LogP contribution in [0.15, 0.2) is 12.1 Å². The van der Waals surface area contributed by atoms with Crippen molar-refractivity contribution in [2.75, 3.05) is 6.61 Å². The number of carbonyl (C=O) groups excluding carboxylic acids is 1. The Morgan fingerprint density at radius 2 is 2.00 bits per heavy atom. The number of aliphatic carboxylic acids is 1. The molecule has 0 atom stereocenters. The predicted octanol–water partition coefficient (Wildman–Crippen LogP) is 2.52. The second-order valence-corrected chi connectivity index (χ2v) is 5.92. The number of phenols is 1. The third kappa shape index (κ3) is 2.61. The number of fused-ring (bicyclic) bond motifs is 1. The topological polar surface area (TPSA) is 93.1 Å². The molecule has 2 N–H and O–H groups in total. The number of carboxylic acid groups (broad SMARTS) is 1. The van der Waals surface area contributed by atoms with E-state index in [4.69, 9.17) is 14.6 Å². The van der Waals surface area contributed by atoms with Crippen molar-refractivity contribution in [2.45, 2.75) is 44.1 Å². The zero-order valence-corrected chi connectivity index (χ0v) is 12.1. The van der Waals surface area contributed by atoms with Crippen molar-refractivity contribution in [3.8, 4) is 17.2 Å². The molecule has 1 saturated carbocycles. The van der Waals surface area contributed by atoms with Gasteiger partial charge >= 0.3 is 5.97 Å². The second kappa shape index (κ2) is 5.51. The average molecular weight is 306 g/mol. The zero-order valence-electron chi connectivity index (χ0n) is 12.1. The Morgan fingerprint density at radius 3 is 2.68 bits per heavy atom. The van der Waals surface area contributed by atoms with E-state index in [1.54, 1.807) is 0 Å². The summed E-state index contributed by atoms with van der Waals surface area (Å²) < 4.78 is 11.0. The Hall–Kier alpha value is -2.24. The molecular formula is C16H18O6. The molecule has 1 fully saturated rings. The van der Waals surface area contributed by atoms with Crippen molar-refractivity contribution in [1.29, 1.82) is 0 Å². The standard InChI is InChI=1S/C16H18O6/c17-11-8-16(6-2-1-3-7-16)22-15-10(11)4-5-12(14(15)20)21-9-13(18)19/h4-5,20H,1-3,6-9H2,(H,18,19). The lowest BCUT2D eigenvalue weighted by atomic mass is 9.78. The number of hydrogen-bond acceptors (Lipinski definition) is 5. The molecule has 22 heavy (non-hydrogen) atoms. The molecule has 1 aliphatic carbocycles. The van der Waals surface area contributed by atoms with Crippen molar-refractivity contribution < 1.29 is 29.3 Å². The number of carboxylic acids is 1. The first-order valence-corrected chi connectivity index (χ1v) is 7.43. The number of carbonyl (C=O) groups is 2. The SMILES string of the molecule is O=C(O)COc1ccc2c(c1O)OC1(CCCCC1)CC2=O. The number of rotatable bonds is 3. The smallest absolute Gasteiger partial charge is 0.341 e. The summed E-state index contributed by atoms with van der Waals surface area (Å²) in [5.41, 5.74) is -0.206. The van der Waals surface area contributed by atoms with E-state index in [0.717, 1.165) is 32.1 Å². The van der Waals surface area contributed by atoms with Gasteiger partial charge in [-0.25, -0.2) is 4.79 Å². The largest absolute Gasteiger partial charge is 0.502 e. The predicted molar refractivity (Wildman–Crippen MR) is 76.6 cm³/mol. The lowest BCUT2D eigenvalue weighted by Crippen LogP contribution is -2.43. The molecule has 118 valence electrons. The van der Waals surface area contributed by atoms with E-state index in [1.807, 2.05) is 0 Å². The normalized spacial score (nSPS) is 19.4. The molecule has 0 aromatic heterocycles. The van der Waals surface area contributed by atoms with Gasteiger partial charge in [0.1, 0.15) is 5.60 Å². The highest BCUT2D eigenvalue weighted by Gasteiger charge is 2.42. The van der Waals surface area contributed by atoms with E-state index < -0.39 is 18.2 Å². The number of ketones is 1. The van der Waals surface area contributed by atoms with E-state index in [0.29, 0.717) is 12.0 Å². The molecular weight excluding hydrogens is 288 g/mol. The summed E-state index contributed by atoms with van der Waals surface area (Å²) >= 11 is 0. The summed E-state index contributed by atoms with van der Waals surface area (Å²) in [6.45, 7) is -0.564. The molecule has 0 unspecified atom stereocenters. The fraction of sp³-hybridized carbons (Fsp3) is 0.500. The Morgan fingerprint density at radius 1 is 1.27 bits per heavy atom. The molecule has 0 bridgehead atoms. The monoisotopic (exact) mass is 306 g/mol. The van der Waals surface area contributed by atoms with Gasteiger partial charge in [0, 0.05) is 0 Å². The summed E-state index contributed by atoms with van der Waals surface area (Å²) in [6.07, 6.45) is 5.03. The van der Waals surface area contributed by atoms with Crippen LogP contribution in [-0.2, 0) is 4.79 Å². The molecule has 1 aromatic carbocycles. The van der Waals surface area contributed by atoms with Gasteiger partial charge in [0.25, 0.3) is 0 Å². The van der Waals surface area contributed by atoms with E-state index in [2.05, 4.69) is 0 Å². The quantitative estimate of drug-likeness (QED) is 0.891. The molecule has 0 amide bonds. The Labute approximate surface area is 127 Å². The van der Waals surface area contributed by atoms with Crippen LogP contribution < -0.4 is 9.47 Å².